The van der Waals surface area contributed by atoms with Crippen LogP contribution in [0.1, 0.15) is 18.1 Å². The van der Waals surface area contributed by atoms with E-state index in [1.807, 2.05) is 66.7 Å². The highest BCUT2D eigenvalue weighted by molar-refractivity contribution is 5.95. The number of nitrogens with one attached hydrogen (secondary N) is 1. The minimum absolute atomic E-state index is 0.0887. The van der Waals surface area contributed by atoms with Crippen molar-refractivity contribution >= 4 is 22.6 Å². The van der Waals surface area contributed by atoms with Gasteiger partial charge in [-0.15, -0.1) is 0 Å². The van der Waals surface area contributed by atoms with Crippen LogP contribution in [0.2, 0.25) is 0 Å². The second kappa shape index (κ2) is 7.19. The van der Waals surface area contributed by atoms with Crippen molar-refractivity contribution in [2.45, 2.75) is 12.5 Å². The second-order valence-corrected chi connectivity index (χ2v) is 6.56. The molecule has 0 saturated carbocycles. The van der Waals surface area contributed by atoms with Crippen molar-refractivity contribution in [1.29, 1.82) is 0 Å². The number of fused-ring (bicyclic) bond motifs is 1. The van der Waals surface area contributed by atoms with Crippen LogP contribution < -0.4 is 10.1 Å². The van der Waals surface area contributed by atoms with E-state index >= 15 is 0 Å². The lowest BCUT2D eigenvalue weighted by Gasteiger charge is -2.33. The molecule has 2 aromatic carbocycles. The van der Waals surface area contributed by atoms with Gasteiger partial charge in [-0.2, -0.15) is 0 Å². The number of pyridine rings is 1. The topological polar surface area (TPSA) is 64.4 Å². The Balaban J connectivity index is 1.92. The van der Waals surface area contributed by atoms with E-state index in [0.29, 0.717) is 17.2 Å². The van der Waals surface area contributed by atoms with Gasteiger partial charge in [0, 0.05) is 23.2 Å². The third-order valence-electron chi connectivity index (χ3n) is 4.85. The van der Waals surface area contributed by atoms with Crippen molar-refractivity contribution in [3.05, 3.63) is 90.3 Å². The molecule has 4 rings (SSSR count). The Morgan fingerprint density at radius 3 is 2.46 bits per heavy atom. The van der Waals surface area contributed by atoms with E-state index < -0.39 is 5.54 Å². The van der Waals surface area contributed by atoms with Crippen molar-refractivity contribution in [3.63, 3.8) is 0 Å². The van der Waals surface area contributed by atoms with Crippen molar-refractivity contribution in [3.8, 4) is 5.75 Å². The fourth-order valence-corrected chi connectivity index (χ4v) is 3.46. The highest BCUT2D eigenvalue weighted by Crippen LogP contribution is 2.37. The van der Waals surface area contributed by atoms with Crippen LogP contribution in [0.15, 0.2) is 83.5 Å². The Bertz CT molecular complexity index is 1090. The number of ether oxygens (including phenoxy) is 1. The van der Waals surface area contributed by atoms with Crippen molar-refractivity contribution < 1.29 is 13.9 Å². The maximum absolute atomic E-state index is 13.1. The number of ketones is 1. The molecule has 4 aromatic rings. The van der Waals surface area contributed by atoms with E-state index in [0.717, 1.165) is 16.5 Å². The first-order chi connectivity index (χ1) is 13.6. The molecule has 1 N–H and O–H groups in total. The number of furan rings is 1. The lowest BCUT2D eigenvalue weighted by atomic mass is 9.80. The second-order valence-electron chi connectivity index (χ2n) is 6.56. The Labute approximate surface area is 163 Å². The van der Waals surface area contributed by atoms with E-state index in [4.69, 9.17) is 9.15 Å². The standard InChI is InChI=1S/C23H20N2O3/c1-16(26)23(18-9-4-3-5-10-18,19-13-20(27-2)15-24-14-19)25-22-12-17-8-6-7-11-21(17)28-22/h3-15,25H,1-2H3. The summed E-state index contributed by atoms with van der Waals surface area (Å²) < 4.78 is 11.3. The number of carbonyl (C=O) groups is 1. The fraction of sp³-hybridized carbons (Fsp3) is 0.130. The molecule has 2 heterocycles. The Kier molecular flexibility index (Phi) is 4.57. The molecule has 0 radical (unpaired) electrons. The minimum atomic E-state index is -1.17. The van der Waals surface area contributed by atoms with Gasteiger partial charge in [0.15, 0.2) is 17.2 Å². The number of carbonyl (C=O) groups excluding carboxylic acids is 1. The Morgan fingerprint density at radius 2 is 1.75 bits per heavy atom. The summed E-state index contributed by atoms with van der Waals surface area (Å²) in [4.78, 5) is 17.4. The molecule has 5 nitrogen and oxygen atoms in total. The van der Waals surface area contributed by atoms with Gasteiger partial charge in [0.2, 0.25) is 0 Å². The molecule has 2 aromatic heterocycles. The third-order valence-corrected chi connectivity index (χ3v) is 4.85. The normalized spacial score (nSPS) is 13.1. The van der Waals surface area contributed by atoms with E-state index in [9.17, 15) is 4.79 Å². The summed E-state index contributed by atoms with van der Waals surface area (Å²) in [6.45, 7) is 1.56. The smallest absolute Gasteiger partial charge is 0.195 e. The molecule has 0 saturated heterocycles. The maximum atomic E-state index is 13.1. The van der Waals surface area contributed by atoms with E-state index in [2.05, 4.69) is 10.3 Å². The zero-order valence-electron chi connectivity index (χ0n) is 15.7. The summed E-state index contributed by atoms with van der Waals surface area (Å²) >= 11 is 0. The van der Waals surface area contributed by atoms with Crippen LogP contribution in [-0.2, 0) is 10.3 Å². The highest BCUT2D eigenvalue weighted by Gasteiger charge is 2.41. The quantitative estimate of drug-likeness (QED) is 0.528. The number of para-hydroxylation sites is 1. The first-order valence-electron chi connectivity index (χ1n) is 8.96. The van der Waals surface area contributed by atoms with Gasteiger partial charge < -0.3 is 14.5 Å². The van der Waals surface area contributed by atoms with Gasteiger partial charge >= 0.3 is 0 Å². The van der Waals surface area contributed by atoms with Gasteiger partial charge in [0.05, 0.1) is 13.3 Å². The average Bonchev–Trinajstić information content (AvgIpc) is 3.15. The largest absolute Gasteiger partial charge is 0.495 e. The number of methoxy groups -OCH3 is 1. The van der Waals surface area contributed by atoms with E-state index in [-0.39, 0.29) is 5.78 Å². The zero-order chi connectivity index (χ0) is 19.6. The summed E-state index contributed by atoms with van der Waals surface area (Å²) in [6.07, 6.45) is 3.28. The molecule has 140 valence electrons. The van der Waals surface area contributed by atoms with Gasteiger partial charge in [-0.05, 0) is 24.6 Å². The van der Waals surface area contributed by atoms with Gasteiger partial charge in [-0.25, -0.2) is 0 Å². The fourth-order valence-electron chi connectivity index (χ4n) is 3.46. The summed E-state index contributed by atoms with van der Waals surface area (Å²) in [5, 5.41) is 4.31. The number of Topliss-reactive ketones (excluding diaryl/α,β-unsaturated/α-hetero) is 1. The van der Waals surface area contributed by atoms with E-state index in [1.54, 1.807) is 26.4 Å². The summed E-state index contributed by atoms with van der Waals surface area (Å²) in [7, 11) is 1.57. The maximum Gasteiger partial charge on any atom is 0.195 e. The summed E-state index contributed by atoms with van der Waals surface area (Å²) in [5.41, 5.74) is 1.04. The van der Waals surface area contributed by atoms with Crippen molar-refractivity contribution in [1.82, 2.24) is 4.98 Å². The number of rotatable bonds is 6. The molecule has 5 heteroatoms. The van der Waals surface area contributed by atoms with E-state index in [1.165, 1.54) is 0 Å². The van der Waals surface area contributed by atoms with Gasteiger partial charge in [0.25, 0.3) is 0 Å². The molecule has 28 heavy (non-hydrogen) atoms. The number of nitrogens with zero attached hydrogens (tertiary/aromatic N) is 1. The Hall–Kier alpha value is -3.60. The molecule has 0 amide bonds. The molecular formula is C23H20N2O3. The monoisotopic (exact) mass is 372 g/mol. The van der Waals surface area contributed by atoms with Crippen molar-refractivity contribution in [2.75, 3.05) is 12.4 Å². The molecule has 0 spiro atoms. The number of benzene rings is 2. The Morgan fingerprint density at radius 1 is 1.00 bits per heavy atom. The minimum Gasteiger partial charge on any atom is -0.495 e. The molecule has 0 fully saturated rings. The number of anilines is 1. The van der Waals surface area contributed by atoms with Crippen LogP contribution in [-0.4, -0.2) is 17.9 Å². The van der Waals surface area contributed by atoms with Crippen LogP contribution in [0.25, 0.3) is 11.0 Å². The molecule has 1 atom stereocenters. The van der Waals surface area contributed by atoms with Crippen LogP contribution >= 0.6 is 0 Å². The molecule has 1 unspecified atom stereocenters. The highest BCUT2D eigenvalue weighted by atomic mass is 16.5. The van der Waals surface area contributed by atoms with Crippen LogP contribution in [0.5, 0.6) is 5.75 Å². The molecule has 0 aliphatic rings. The number of hydrogen-bond acceptors (Lipinski definition) is 5. The first-order valence-corrected chi connectivity index (χ1v) is 8.96. The van der Waals surface area contributed by atoms with Gasteiger partial charge in [-0.1, -0.05) is 48.5 Å². The summed E-state index contributed by atoms with van der Waals surface area (Å²) in [6, 6.07) is 21.0. The lowest BCUT2D eigenvalue weighted by Crippen LogP contribution is -2.43. The predicted octanol–water partition coefficient (Wildman–Crippen LogP) is 4.78. The number of hydrogen-bond donors (Lipinski definition) is 1. The SMILES string of the molecule is COc1cncc(C(Nc2cc3ccccc3o2)(C(C)=O)c2ccccc2)c1. The molecular weight excluding hydrogens is 352 g/mol. The summed E-state index contributed by atoms with van der Waals surface area (Å²) in [5.74, 6) is 0.989. The van der Waals surface area contributed by atoms with Crippen molar-refractivity contribution in [2.24, 2.45) is 0 Å². The van der Waals surface area contributed by atoms with Gasteiger partial charge in [-0.3, -0.25) is 9.78 Å². The van der Waals surface area contributed by atoms with Crippen LogP contribution in [0, 0.1) is 0 Å². The molecule has 0 bridgehead atoms. The third kappa shape index (κ3) is 3.01. The van der Waals surface area contributed by atoms with Gasteiger partial charge in [0.1, 0.15) is 11.3 Å². The van der Waals surface area contributed by atoms with Crippen LogP contribution in [0.4, 0.5) is 5.88 Å². The molecule has 0 aliphatic carbocycles. The first kappa shape index (κ1) is 17.8. The molecule has 0 aliphatic heterocycles. The average molecular weight is 372 g/mol. The lowest BCUT2D eigenvalue weighted by molar-refractivity contribution is -0.120. The zero-order valence-corrected chi connectivity index (χ0v) is 15.7. The van der Waals surface area contributed by atoms with Crippen LogP contribution in [0.3, 0.4) is 0 Å². The number of aromatic nitrogens is 1. The predicted molar refractivity (Wildman–Crippen MR) is 109 cm³/mol.